The lowest BCUT2D eigenvalue weighted by atomic mass is 9.96. The Morgan fingerprint density at radius 3 is 2.33 bits per heavy atom. The lowest BCUT2D eigenvalue weighted by Gasteiger charge is -2.34. The van der Waals surface area contributed by atoms with Crippen molar-refractivity contribution in [2.24, 2.45) is 0 Å². The molecule has 51 heavy (non-hydrogen) atoms. The molecule has 2 heterocycles. The first-order chi connectivity index (χ1) is 24.1. The van der Waals surface area contributed by atoms with Crippen molar-refractivity contribution in [2.75, 3.05) is 37.6 Å². The van der Waals surface area contributed by atoms with Crippen molar-refractivity contribution in [3.63, 3.8) is 0 Å². The van der Waals surface area contributed by atoms with E-state index in [1.165, 1.54) is 30.6 Å². The zero-order valence-corrected chi connectivity index (χ0v) is 30.6. The van der Waals surface area contributed by atoms with E-state index in [2.05, 4.69) is 14.9 Å². The summed E-state index contributed by atoms with van der Waals surface area (Å²) in [6.07, 6.45) is 1.60. The molecular weight excluding hydrogens is 676 g/mol. The number of hydrogen-bond donors (Lipinski definition) is 0. The van der Waals surface area contributed by atoms with Crippen molar-refractivity contribution in [1.29, 1.82) is 0 Å². The summed E-state index contributed by atoms with van der Waals surface area (Å²) >= 11 is 6.21. The van der Waals surface area contributed by atoms with Gasteiger partial charge in [0.05, 0.1) is 22.1 Å². The first-order valence-electron chi connectivity index (χ1n) is 17.2. The van der Waals surface area contributed by atoms with E-state index in [1.54, 1.807) is 17.0 Å². The average Bonchev–Trinajstić information content (AvgIpc) is 3.22. The van der Waals surface area contributed by atoms with Crippen molar-refractivity contribution in [1.82, 2.24) is 19.8 Å². The first-order valence-corrected chi connectivity index (χ1v) is 17.6. The Labute approximate surface area is 303 Å². The molecule has 3 atom stereocenters. The SMILES string of the molecule is CC1CC(OC(=O)c2ccc([N+](=O)[O-])cc2)c2ncnc(N3CCCN(C(=O)C(CN(C(=O)OC(C)(C)C)C(C)C)c4ccc(Cl)cc4)CC3)c21. The number of benzene rings is 2. The van der Waals surface area contributed by atoms with Crippen LogP contribution < -0.4 is 4.90 Å². The molecule has 0 bridgehead atoms. The van der Waals surface area contributed by atoms with Gasteiger partial charge in [-0.3, -0.25) is 14.9 Å². The predicted molar refractivity (Wildman–Crippen MR) is 192 cm³/mol. The number of nitro groups is 1. The van der Waals surface area contributed by atoms with Crippen LogP contribution in [0, 0.1) is 10.1 Å². The van der Waals surface area contributed by atoms with Gasteiger partial charge in [0.2, 0.25) is 5.91 Å². The van der Waals surface area contributed by atoms with Crippen molar-refractivity contribution in [3.8, 4) is 0 Å². The maximum atomic E-state index is 14.4. The second kappa shape index (κ2) is 15.6. The number of anilines is 1. The molecular formula is C37H45ClN6O7. The molecule has 1 aliphatic heterocycles. The fourth-order valence-electron chi connectivity index (χ4n) is 6.56. The number of amides is 2. The van der Waals surface area contributed by atoms with E-state index in [0.717, 1.165) is 16.9 Å². The fourth-order valence-corrected chi connectivity index (χ4v) is 6.68. The van der Waals surface area contributed by atoms with Crippen molar-refractivity contribution >= 4 is 41.1 Å². The zero-order valence-electron chi connectivity index (χ0n) is 29.9. The number of rotatable bonds is 9. The summed E-state index contributed by atoms with van der Waals surface area (Å²) in [5.41, 5.74) is 1.72. The van der Waals surface area contributed by atoms with Crippen LogP contribution in [0.3, 0.4) is 0 Å². The number of esters is 1. The van der Waals surface area contributed by atoms with E-state index in [0.29, 0.717) is 49.7 Å². The van der Waals surface area contributed by atoms with Gasteiger partial charge in [0.15, 0.2) is 0 Å². The Hall–Kier alpha value is -4.78. The number of ether oxygens (including phenoxy) is 2. The molecule has 1 aromatic heterocycles. The standard InChI is InChI=1S/C37H45ClN6O7/c1-23(2)43(36(47)51-37(4,5)6)21-29(25-8-12-27(38)13-9-25)34(45)42-17-7-16-41(18-19-42)33-31-24(3)20-30(32(31)39-22-40-33)50-35(46)26-10-14-28(15-11-26)44(48)49/h8-15,22-24,29-30H,7,16-21H2,1-6H3. The highest BCUT2D eigenvalue weighted by Gasteiger charge is 2.38. The molecule has 3 aromatic rings. The number of carbonyl (C=O) groups excluding carboxylic acids is 3. The highest BCUT2D eigenvalue weighted by atomic mass is 35.5. The van der Waals surface area contributed by atoms with Gasteiger partial charge in [0, 0.05) is 61.5 Å². The molecule has 2 aromatic carbocycles. The number of nitrogens with zero attached hydrogens (tertiary/aromatic N) is 6. The lowest BCUT2D eigenvalue weighted by Crippen LogP contribution is -2.47. The van der Waals surface area contributed by atoms with E-state index in [4.69, 9.17) is 21.1 Å². The number of fused-ring (bicyclic) bond motifs is 1. The van der Waals surface area contributed by atoms with Gasteiger partial charge in [-0.25, -0.2) is 19.6 Å². The van der Waals surface area contributed by atoms with Gasteiger partial charge >= 0.3 is 12.1 Å². The van der Waals surface area contributed by atoms with Gasteiger partial charge in [0.25, 0.3) is 5.69 Å². The van der Waals surface area contributed by atoms with E-state index in [1.807, 2.05) is 58.6 Å². The summed E-state index contributed by atoms with van der Waals surface area (Å²) in [6, 6.07) is 12.3. The highest BCUT2D eigenvalue weighted by molar-refractivity contribution is 6.30. The molecule has 13 nitrogen and oxygen atoms in total. The lowest BCUT2D eigenvalue weighted by molar-refractivity contribution is -0.384. The van der Waals surface area contributed by atoms with Crippen molar-refractivity contribution in [2.45, 2.75) is 84.0 Å². The van der Waals surface area contributed by atoms with Crippen LogP contribution in [-0.2, 0) is 14.3 Å². The second-order valence-electron chi connectivity index (χ2n) is 14.3. The molecule has 0 radical (unpaired) electrons. The summed E-state index contributed by atoms with van der Waals surface area (Å²) in [5, 5.41) is 11.6. The normalized spacial score (nSPS) is 18.1. The quantitative estimate of drug-likeness (QED) is 0.130. The number of nitro benzene ring substituents is 1. The van der Waals surface area contributed by atoms with Crippen LogP contribution in [0.4, 0.5) is 16.3 Å². The molecule has 1 aliphatic carbocycles. The molecule has 0 N–H and O–H groups in total. The molecule has 1 fully saturated rings. The van der Waals surface area contributed by atoms with Gasteiger partial charge in [-0.1, -0.05) is 30.7 Å². The summed E-state index contributed by atoms with van der Waals surface area (Å²) in [5.74, 6) is -0.569. The first kappa shape index (κ1) is 37.5. The highest BCUT2D eigenvalue weighted by Crippen LogP contribution is 2.45. The van der Waals surface area contributed by atoms with Crippen LogP contribution >= 0.6 is 11.6 Å². The third-order valence-corrected chi connectivity index (χ3v) is 9.38. The minimum Gasteiger partial charge on any atom is -0.452 e. The summed E-state index contributed by atoms with van der Waals surface area (Å²) in [7, 11) is 0. The summed E-state index contributed by atoms with van der Waals surface area (Å²) < 4.78 is 11.6. The molecule has 0 spiro atoms. The molecule has 14 heteroatoms. The van der Waals surface area contributed by atoms with Gasteiger partial charge in [-0.05, 0) is 83.2 Å². The van der Waals surface area contributed by atoms with Gasteiger partial charge in [-0.2, -0.15) is 0 Å². The zero-order chi connectivity index (χ0) is 37.0. The van der Waals surface area contributed by atoms with Crippen LogP contribution in [0.15, 0.2) is 54.9 Å². The van der Waals surface area contributed by atoms with Gasteiger partial charge in [0.1, 0.15) is 23.9 Å². The van der Waals surface area contributed by atoms with E-state index in [-0.39, 0.29) is 35.7 Å². The van der Waals surface area contributed by atoms with E-state index >= 15 is 0 Å². The average molecular weight is 721 g/mol. The minimum absolute atomic E-state index is 0.00370. The number of carbonyl (C=O) groups is 3. The smallest absolute Gasteiger partial charge is 0.410 e. The molecule has 3 unspecified atom stereocenters. The summed E-state index contributed by atoms with van der Waals surface area (Å²) in [6.45, 7) is 13.6. The van der Waals surface area contributed by atoms with Crippen LogP contribution in [0.2, 0.25) is 5.02 Å². The summed E-state index contributed by atoms with van der Waals surface area (Å²) in [4.78, 5) is 65.9. The van der Waals surface area contributed by atoms with Crippen LogP contribution in [0.25, 0.3) is 0 Å². The Balaban J connectivity index is 1.33. The molecule has 2 amide bonds. The molecule has 1 saturated heterocycles. The fraction of sp³-hybridized carbons (Fsp3) is 0.486. The van der Waals surface area contributed by atoms with Crippen LogP contribution in [0.5, 0.6) is 0 Å². The van der Waals surface area contributed by atoms with Crippen LogP contribution in [-0.4, -0.2) is 87.0 Å². The molecule has 2 aliphatic rings. The molecule has 272 valence electrons. The minimum atomic E-state index is -0.689. The van der Waals surface area contributed by atoms with Crippen molar-refractivity contribution < 1.29 is 28.8 Å². The van der Waals surface area contributed by atoms with Gasteiger partial charge < -0.3 is 24.2 Å². The largest absolute Gasteiger partial charge is 0.452 e. The number of hydrogen-bond acceptors (Lipinski definition) is 10. The Morgan fingerprint density at radius 1 is 1.02 bits per heavy atom. The number of aromatic nitrogens is 2. The second-order valence-corrected chi connectivity index (χ2v) is 14.8. The van der Waals surface area contributed by atoms with Crippen molar-refractivity contribution in [3.05, 3.63) is 92.4 Å². The number of non-ortho nitro benzene ring substituents is 1. The van der Waals surface area contributed by atoms with Gasteiger partial charge in [-0.15, -0.1) is 0 Å². The molecule has 0 saturated carbocycles. The van der Waals surface area contributed by atoms with E-state index < -0.39 is 34.6 Å². The Morgan fingerprint density at radius 2 is 1.71 bits per heavy atom. The maximum absolute atomic E-state index is 14.4. The predicted octanol–water partition coefficient (Wildman–Crippen LogP) is 6.91. The Kier molecular flexibility index (Phi) is 11.5. The topological polar surface area (TPSA) is 148 Å². The van der Waals surface area contributed by atoms with E-state index in [9.17, 15) is 24.5 Å². The Bertz CT molecular complexity index is 1750. The molecule has 5 rings (SSSR count). The third kappa shape index (κ3) is 8.94. The number of halogens is 1. The monoisotopic (exact) mass is 720 g/mol. The van der Waals surface area contributed by atoms with Crippen LogP contribution in [0.1, 0.15) is 99.5 Å². The maximum Gasteiger partial charge on any atom is 0.410 e. The third-order valence-electron chi connectivity index (χ3n) is 9.13.